The number of hydrogen-bond donors (Lipinski definition) is 7. The van der Waals surface area contributed by atoms with Gasteiger partial charge in [0.25, 0.3) is 5.91 Å². The number of rotatable bonds is 25. The quantitative estimate of drug-likeness (QED) is 0.0544. The normalized spacial score (nSPS) is 16.0. The van der Waals surface area contributed by atoms with E-state index < -0.39 is 90.1 Å². The standard InChI is InChI=1S/C42H57N7O12/c1-4-12-30(37(54)40(57)45-22-34(51)48-36(38(43)55)28-15-9-6-10-16-28)46-39(56)32-21-29(60-25-27-13-7-5-8-14-27)23-49(32)41(58)31(47-42(59)61-24-26(2)3)17-11-20-44-33(50)18-19-35(52)53/h5-10,13-16,26,29-32,36H,4,11-12,17-25H2,1-3H3,(H2,43,55)(H,44,50)(H,45,57)(H,46,56)(H,47,59)(H,48,51)(H,52,53). The number of benzene rings is 2. The van der Waals surface area contributed by atoms with Crippen molar-refractivity contribution in [1.82, 2.24) is 31.5 Å². The van der Waals surface area contributed by atoms with E-state index in [1.165, 1.54) is 4.90 Å². The van der Waals surface area contributed by atoms with Crippen molar-refractivity contribution in [3.8, 4) is 0 Å². The third-order valence-electron chi connectivity index (χ3n) is 9.44. The molecule has 5 unspecified atom stereocenters. The molecule has 0 bridgehead atoms. The van der Waals surface area contributed by atoms with Crippen molar-refractivity contribution in [3.05, 3.63) is 71.8 Å². The van der Waals surface area contributed by atoms with E-state index in [0.29, 0.717) is 12.0 Å². The Morgan fingerprint density at radius 1 is 0.836 bits per heavy atom. The number of carbonyl (C=O) groups excluding carboxylic acids is 8. The van der Waals surface area contributed by atoms with Crippen LogP contribution in [0.15, 0.2) is 60.7 Å². The summed E-state index contributed by atoms with van der Waals surface area (Å²) < 4.78 is 11.4. The van der Waals surface area contributed by atoms with E-state index in [9.17, 15) is 43.2 Å². The van der Waals surface area contributed by atoms with Crippen LogP contribution >= 0.6 is 0 Å². The maximum atomic E-state index is 14.3. The molecule has 2 aromatic rings. The number of carboxylic acid groups (broad SMARTS) is 1. The Kier molecular flexibility index (Phi) is 20.3. The number of primary amides is 1. The molecule has 0 aliphatic carbocycles. The van der Waals surface area contributed by atoms with E-state index in [4.69, 9.17) is 20.3 Å². The number of amides is 7. The van der Waals surface area contributed by atoms with E-state index in [-0.39, 0.29) is 70.7 Å². The molecule has 0 saturated carbocycles. The van der Waals surface area contributed by atoms with Crippen molar-refractivity contribution in [2.45, 2.75) is 103 Å². The van der Waals surface area contributed by atoms with Gasteiger partial charge in [-0.05, 0) is 36.3 Å². The highest BCUT2D eigenvalue weighted by atomic mass is 16.5. The van der Waals surface area contributed by atoms with Crippen molar-refractivity contribution < 1.29 is 57.7 Å². The van der Waals surface area contributed by atoms with Crippen LogP contribution in [0.25, 0.3) is 0 Å². The molecule has 0 aromatic heterocycles. The molecular weight excluding hydrogens is 794 g/mol. The average Bonchev–Trinajstić information content (AvgIpc) is 3.68. The average molecular weight is 852 g/mol. The monoisotopic (exact) mass is 851 g/mol. The number of likely N-dealkylation sites (tertiary alicyclic amines) is 1. The summed E-state index contributed by atoms with van der Waals surface area (Å²) in [5, 5.41) is 21.3. The number of nitrogens with two attached hydrogens (primary N) is 1. The summed E-state index contributed by atoms with van der Waals surface area (Å²) in [7, 11) is 0. The van der Waals surface area contributed by atoms with Crippen LogP contribution in [0, 0.1) is 5.92 Å². The number of ether oxygens (including phenoxy) is 2. The Bertz CT molecular complexity index is 1830. The van der Waals surface area contributed by atoms with Crippen LogP contribution in [-0.4, -0.2) is 114 Å². The van der Waals surface area contributed by atoms with Crippen molar-refractivity contribution in [1.29, 1.82) is 0 Å². The number of aliphatic carboxylic acids is 1. The summed E-state index contributed by atoms with van der Waals surface area (Å²) in [4.78, 5) is 117. The number of alkyl carbamates (subject to hydrolysis) is 1. The topological polar surface area (TPSA) is 282 Å². The summed E-state index contributed by atoms with van der Waals surface area (Å²) in [5.74, 6) is -6.95. The van der Waals surface area contributed by atoms with E-state index >= 15 is 0 Å². The number of nitrogens with zero attached hydrogens (tertiary/aromatic N) is 1. The molecule has 1 aliphatic heterocycles. The first-order chi connectivity index (χ1) is 29.1. The molecule has 5 atom stereocenters. The maximum Gasteiger partial charge on any atom is 0.407 e. The lowest BCUT2D eigenvalue weighted by atomic mass is 10.0. The second kappa shape index (κ2) is 25.3. The molecule has 0 radical (unpaired) electrons. The van der Waals surface area contributed by atoms with Crippen LogP contribution in [-0.2, 0) is 54.4 Å². The van der Waals surface area contributed by atoms with Gasteiger partial charge >= 0.3 is 12.1 Å². The molecule has 1 fully saturated rings. The van der Waals surface area contributed by atoms with E-state index in [1.807, 2.05) is 44.2 Å². The van der Waals surface area contributed by atoms with Gasteiger partial charge in [0.2, 0.25) is 35.3 Å². The van der Waals surface area contributed by atoms with Crippen molar-refractivity contribution in [3.63, 3.8) is 0 Å². The van der Waals surface area contributed by atoms with Crippen LogP contribution in [0.4, 0.5) is 4.79 Å². The molecule has 2 aromatic carbocycles. The third kappa shape index (κ3) is 17.0. The summed E-state index contributed by atoms with van der Waals surface area (Å²) in [6.07, 6.45) is -1.59. The third-order valence-corrected chi connectivity index (χ3v) is 9.44. The Balaban J connectivity index is 1.77. The summed E-state index contributed by atoms with van der Waals surface area (Å²) in [6, 6.07) is 12.4. The van der Waals surface area contributed by atoms with Gasteiger partial charge in [-0.25, -0.2) is 4.79 Å². The number of carbonyl (C=O) groups is 9. The molecular formula is C42H57N7O12. The van der Waals surface area contributed by atoms with Crippen LogP contribution < -0.4 is 32.3 Å². The van der Waals surface area contributed by atoms with Crippen molar-refractivity contribution >= 4 is 53.3 Å². The van der Waals surface area contributed by atoms with Gasteiger partial charge < -0.3 is 51.8 Å². The molecule has 1 heterocycles. The second-order valence-electron chi connectivity index (χ2n) is 14.9. The van der Waals surface area contributed by atoms with Gasteiger partial charge in [-0.1, -0.05) is 87.9 Å². The van der Waals surface area contributed by atoms with Crippen LogP contribution in [0.2, 0.25) is 0 Å². The maximum absolute atomic E-state index is 14.3. The SMILES string of the molecule is CCCC(NC(=O)C1CC(OCc2ccccc2)CN1C(=O)C(CCCNC(=O)CCC(=O)O)NC(=O)OCC(C)C)C(=O)C(=O)NCC(=O)NC(C(N)=O)c1ccccc1. The lowest BCUT2D eigenvalue weighted by Gasteiger charge is -2.29. The van der Waals surface area contributed by atoms with Gasteiger partial charge in [-0.2, -0.15) is 0 Å². The molecule has 7 amide bonds. The predicted octanol–water partition coefficient (Wildman–Crippen LogP) is 0.998. The first-order valence-corrected chi connectivity index (χ1v) is 20.2. The molecule has 19 nitrogen and oxygen atoms in total. The van der Waals surface area contributed by atoms with Crippen LogP contribution in [0.5, 0.6) is 0 Å². The minimum Gasteiger partial charge on any atom is -0.481 e. The Labute approximate surface area is 354 Å². The number of carboxylic acids is 1. The number of ketones is 1. The highest BCUT2D eigenvalue weighted by Crippen LogP contribution is 2.24. The molecule has 1 aliphatic rings. The van der Waals surface area contributed by atoms with Gasteiger partial charge in [0.15, 0.2) is 0 Å². The van der Waals surface area contributed by atoms with Gasteiger partial charge in [-0.3, -0.25) is 38.4 Å². The van der Waals surface area contributed by atoms with E-state index in [0.717, 1.165) is 5.56 Å². The molecule has 8 N–H and O–H groups in total. The largest absolute Gasteiger partial charge is 0.481 e. The van der Waals surface area contributed by atoms with Crippen LogP contribution in [0.1, 0.15) is 82.9 Å². The lowest BCUT2D eigenvalue weighted by molar-refractivity contribution is -0.143. The number of Topliss-reactive ketones (excluding diaryl/α,β-unsaturated/α-hetero) is 1. The lowest BCUT2D eigenvalue weighted by Crippen LogP contribution is -2.56. The second-order valence-corrected chi connectivity index (χ2v) is 14.9. The van der Waals surface area contributed by atoms with Crippen molar-refractivity contribution in [2.75, 3.05) is 26.2 Å². The molecule has 19 heteroatoms. The highest BCUT2D eigenvalue weighted by Gasteiger charge is 2.43. The van der Waals surface area contributed by atoms with Crippen molar-refractivity contribution in [2.24, 2.45) is 11.7 Å². The first-order valence-electron chi connectivity index (χ1n) is 20.2. The Morgan fingerprint density at radius 2 is 1.51 bits per heavy atom. The first kappa shape index (κ1) is 49.0. The highest BCUT2D eigenvalue weighted by molar-refractivity contribution is 6.38. The zero-order valence-electron chi connectivity index (χ0n) is 34.7. The van der Waals surface area contributed by atoms with Gasteiger partial charge in [-0.15, -0.1) is 0 Å². The fourth-order valence-corrected chi connectivity index (χ4v) is 6.33. The fraction of sp³-hybridized carbons (Fsp3) is 0.500. The number of nitrogens with one attached hydrogen (secondary N) is 5. The summed E-state index contributed by atoms with van der Waals surface area (Å²) in [5.41, 5.74) is 6.72. The van der Waals surface area contributed by atoms with Gasteiger partial charge in [0.05, 0.1) is 38.3 Å². The Hall–Kier alpha value is -6.37. The van der Waals surface area contributed by atoms with Gasteiger partial charge in [0, 0.05) is 25.9 Å². The summed E-state index contributed by atoms with van der Waals surface area (Å²) >= 11 is 0. The van der Waals surface area contributed by atoms with E-state index in [2.05, 4.69) is 26.6 Å². The minimum absolute atomic E-state index is 0.00357. The molecule has 0 spiro atoms. The molecule has 61 heavy (non-hydrogen) atoms. The zero-order chi connectivity index (χ0) is 44.9. The smallest absolute Gasteiger partial charge is 0.407 e. The van der Waals surface area contributed by atoms with E-state index in [1.54, 1.807) is 37.3 Å². The predicted molar refractivity (Wildman–Crippen MR) is 219 cm³/mol. The number of hydrogen-bond acceptors (Lipinski definition) is 11. The zero-order valence-corrected chi connectivity index (χ0v) is 34.7. The Morgan fingerprint density at radius 3 is 2.13 bits per heavy atom. The van der Waals surface area contributed by atoms with Crippen LogP contribution in [0.3, 0.4) is 0 Å². The van der Waals surface area contributed by atoms with Gasteiger partial charge in [0.1, 0.15) is 18.1 Å². The summed E-state index contributed by atoms with van der Waals surface area (Å²) in [6.45, 7) is 4.90. The molecule has 332 valence electrons. The minimum atomic E-state index is -1.35. The molecule has 3 rings (SSSR count). The fourth-order valence-electron chi connectivity index (χ4n) is 6.33. The molecule has 1 saturated heterocycles.